The van der Waals surface area contributed by atoms with Crippen LogP contribution in [0.4, 0.5) is 0 Å². The summed E-state index contributed by atoms with van der Waals surface area (Å²) in [6.45, 7) is 4.96. The van der Waals surface area contributed by atoms with E-state index in [1.165, 1.54) is 12.8 Å². The summed E-state index contributed by atoms with van der Waals surface area (Å²) in [7, 11) is 2.02. The molecular formula is C11H22N2O2. The minimum absolute atomic E-state index is 0.299. The van der Waals surface area contributed by atoms with Crippen LogP contribution in [0.1, 0.15) is 26.7 Å². The summed E-state index contributed by atoms with van der Waals surface area (Å²) < 4.78 is 4.87. The minimum atomic E-state index is -0.517. The molecule has 4 heteroatoms. The lowest BCUT2D eigenvalue weighted by Gasteiger charge is -2.26. The van der Waals surface area contributed by atoms with Gasteiger partial charge < -0.3 is 15.4 Å². The predicted octanol–water partition coefficient (Wildman–Crippen LogP) is 0.607. The number of ether oxygens (including phenoxy) is 1. The van der Waals surface area contributed by atoms with Gasteiger partial charge in [0.05, 0.1) is 6.61 Å². The normalized spacial score (nSPS) is 20.1. The van der Waals surface area contributed by atoms with Crippen molar-refractivity contribution >= 4 is 5.97 Å². The van der Waals surface area contributed by atoms with Crippen molar-refractivity contribution in [2.24, 2.45) is 11.7 Å². The van der Waals surface area contributed by atoms with Crippen LogP contribution < -0.4 is 5.73 Å². The highest BCUT2D eigenvalue weighted by molar-refractivity contribution is 5.75. The molecule has 1 aliphatic carbocycles. The number of hydrogen-bond acceptors (Lipinski definition) is 4. The number of nitrogens with two attached hydrogens (primary N) is 1. The molecule has 0 aromatic carbocycles. The van der Waals surface area contributed by atoms with Gasteiger partial charge in [-0.05, 0) is 39.7 Å². The first kappa shape index (κ1) is 12.5. The molecule has 4 nitrogen and oxygen atoms in total. The second kappa shape index (κ2) is 5.47. The lowest BCUT2D eigenvalue weighted by molar-refractivity contribution is -0.145. The molecule has 1 aliphatic rings. The summed E-state index contributed by atoms with van der Waals surface area (Å²) >= 11 is 0. The van der Waals surface area contributed by atoms with Crippen LogP contribution >= 0.6 is 0 Å². The highest BCUT2D eigenvalue weighted by Gasteiger charge is 2.31. The highest BCUT2D eigenvalue weighted by Crippen LogP contribution is 2.34. The maximum atomic E-state index is 11.3. The van der Waals surface area contributed by atoms with Crippen LogP contribution in [0.5, 0.6) is 0 Å². The fourth-order valence-electron chi connectivity index (χ4n) is 1.74. The number of hydrogen-bond donors (Lipinski definition) is 1. The van der Waals surface area contributed by atoms with Crippen LogP contribution in [0.25, 0.3) is 0 Å². The van der Waals surface area contributed by atoms with Crippen molar-refractivity contribution in [2.75, 3.05) is 20.2 Å². The summed E-state index contributed by atoms with van der Waals surface area (Å²) in [6, 6.07) is 0.00151. The number of carbonyl (C=O) groups is 1. The Morgan fingerprint density at radius 3 is 2.67 bits per heavy atom. The van der Waals surface area contributed by atoms with E-state index in [1.54, 1.807) is 6.92 Å². The fraction of sp³-hybridized carbons (Fsp3) is 0.909. The van der Waals surface area contributed by atoms with Gasteiger partial charge in [0.15, 0.2) is 0 Å². The van der Waals surface area contributed by atoms with Crippen LogP contribution in [-0.2, 0) is 9.53 Å². The van der Waals surface area contributed by atoms with Gasteiger partial charge in [-0.3, -0.25) is 4.79 Å². The van der Waals surface area contributed by atoms with Gasteiger partial charge >= 0.3 is 5.97 Å². The zero-order valence-corrected chi connectivity index (χ0v) is 9.90. The van der Waals surface area contributed by atoms with E-state index < -0.39 is 6.04 Å². The van der Waals surface area contributed by atoms with Gasteiger partial charge in [0.25, 0.3) is 0 Å². The fourth-order valence-corrected chi connectivity index (χ4v) is 1.74. The van der Waals surface area contributed by atoms with E-state index in [9.17, 15) is 4.79 Å². The van der Waals surface area contributed by atoms with E-state index >= 15 is 0 Å². The van der Waals surface area contributed by atoms with Crippen molar-refractivity contribution in [1.82, 2.24) is 4.90 Å². The molecule has 0 radical (unpaired) electrons. The third-order valence-electron chi connectivity index (χ3n) is 3.07. The number of likely N-dealkylation sites (N-methyl/N-ethyl adjacent to an activating group) is 1. The van der Waals surface area contributed by atoms with E-state index in [2.05, 4.69) is 11.8 Å². The molecule has 2 atom stereocenters. The Hall–Kier alpha value is -0.610. The van der Waals surface area contributed by atoms with Crippen molar-refractivity contribution < 1.29 is 9.53 Å². The van der Waals surface area contributed by atoms with Crippen molar-refractivity contribution in [2.45, 2.75) is 38.8 Å². The molecule has 1 rings (SSSR count). The van der Waals surface area contributed by atoms with Gasteiger partial charge in [-0.1, -0.05) is 0 Å². The topological polar surface area (TPSA) is 55.6 Å². The summed E-state index contributed by atoms with van der Waals surface area (Å²) in [6.07, 6.45) is 2.61. The molecule has 0 amide bonds. The van der Waals surface area contributed by atoms with Crippen molar-refractivity contribution in [3.63, 3.8) is 0 Å². The van der Waals surface area contributed by atoms with Gasteiger partial charge in [0.1, 0.15) is 6.04 Å². The average Bonchev–Trinajstić information content (AvgIpc) is 3.00. The molecule has 0 spiro atoms. The standard InChI is InChI=1S/C11H22N2O2/c1-4-15-11(14)10(12)7-13(3)8(2)9-5-6-9/h8-10H,4-7,12H2,1-3H3. The second-order valence-corrected chi connectivity index (χ2v) is 4.38. The maximum Gasteiger partial charge on any atom is 0.324 e. The van der Waals surface area contributed by atoms with E-state index in [0.29, 0.717) is 19.2 Å². The molecule has 88 valence electrons. The van der Waals surface area contributed by atoms with Crippen molar-refractivity contribution in [3.8, 4) is 0 Å². The smallest absolute Gasteiger partial charge is 0.324 e. The molecule has 1 saturated carbocycles. The van der Waals surface area contributed by atoms with Crippen LogP contribution in [0.15, 0.2) is 0 Å². The van der Waals surface area contributed by atoms with Crippen LogP contribution in [0, 0.1) is 5.92 Å². The van der Waals surface area contributed by atoms with Gasteiger partial charge in [0, 0.05) is 12.6 Å². The highest BCUT2D eigenvalue weighted by atomic mass is 16.5. The van der Waals surface area contributed by atoms with Gasteiger partial charge in [-0.15, -0.1) is 0 Å². The maximum absolute atomic E-state index is 11.3. The van der Waals surface area contributed by atoms with Gasteiger partial charge in [-0.2, -0.15) is 0 Å². The minimum Gasteiger partial charge on any atom is -0.465 e. The number of carbonyl (C=O) groups excluding carboxylic acids is 1. The first-order valence-corrected chi connectivity index (χ1v) is 5.68. The molecular weight excluding hydrogens is 192 g/mol. The Morgan fingerprint density at radius 2 is 2.20 bits per heavy atom. The Balaban J connectivity index is 2.29. The zero-order valence-electron chi connectivity index (χ0n) is 9.90. The van der Waals surface area contributed by atoms with Crippen LogP contribution in [-0.4, -0.2) is 43.2 Å². The molecule has 0 aromatic heterocycles. The molecule has 1 fully saturated rings. The van der Waals surface area contributed by atoms with E-state index in [-0.39, 0.29) is 5.97 Å². The summed E-state index contributed by atoms with van der Waals surface area (Å²) in [5, 5.41) is 0. The first-order chi connectivity index (χ1) is 7.06. The number of esters is 1. The Bertz CT molecular complexity index is 217. The van der Waals surface area contributed by atoms with Crippen molar-refractivity contribution in [1.29, 1.82) is 0 Å². The lowest BCUT2D eigenvalue weighted by Crippen LogP contribution is -2.45. The predicted molar refractivity (Wildman–Crippen MR) is 59.4 cm³/mol. The SMILES string of the molecule is CCOC(=O)C(N)CN(C)C(C)C1CC1. The number of nitrogens with zero attached hydrogens (tertiary/aromatic N) is 1. The lowest BCUT2D eigenvalue weighted by atomic mass is 10.1. The quantitative estimate of drug-likeness (QED) is 0.658. The monoisotopic (exact) mass is 214 g/mol. The van der Waals surface area contributed by atoms with Crippen LogP contribution in [0.3, 0.4) is 0 Å². The molecule has 2 unspecified atom stereocenters. The Morgan fingerprint density at radius 1 is 1.60 bits per heavy atom. The van der Waals surface area contributed by atoms with E-state index in [0.717, 1.165) is 5.92 Å². The van der Waals surface area contributed by atoms with Crippen LogP contribution in [0.2, 0.25) is 0 Å². The molecule has 0 aliphatic heterocycles. The zero-order chi connectivity index (χ0) is 11.4. The van der Waals surface area contributed by atoms with Gasteiger partial charge in [0.2, 0.25) is 0 Å². The summed E-state index contributed by atoms with van der Waals surface area (Å²) in [4.78, 5) is 13.5. The molecule has 2 N–H and O–H groups in total. The molecule has 0 heterocycles. The molecule has 0 saturated heterocycles. The first-order valence-electron chi connectivity index (χ1n) is 5.68. The van der Waals surface area contributed by atoms with Crippen molar-refractivity contribution in [3.05, 3.63) is 0 Å². The average molecular weight is 214 g/mol. The second-order valence-electron chi connectivity index (χ2n) is 4.38. The van der Waals surface area contributed by atoms with E-state index in [1.807, 2.05) is 7.05 Å². The third-order valence-corrected chi connectivity index (χ3v) is 3.07. The summed E-state index contributed by atoms with van der Waals surface area (Å²) in [5.41, 5.74) is 5.75. The Kier molecular flexibility index (Phi) is 4.54. The van der Waals surface area contributed by atoms with Gasteiger partial charge in [-0.25, -0.2) is 0 Å². The molecule has 15 heavy (non-hydrogen) atoms. The van der Waals surface area contributed by atoms with E-state index in [4.69, 9.17) is 10.5 Å². The number of rotatable bonds is 6. The largest absolute Gasteiger partial charge is 0.465 e. The molecule has 0 aromatic rings. The third kappa shape index (κ3) is 3.80. The summed E-state index contributed by atoms with van der Waals surface area (Å²) in [5.74, 6) is 0.497. The molecule has 0 bridgehead atoms. The Labute approximate surface area is 91.8 Å².